The van der Waals surface area contributed by atoms with Gasteiger partial charge < -0.3 is 15.2 Å². The molecule has 2 N–H and O–H groups in total. The Kier molecular flexibility index (Phi) is 7.30. The van der Waals surface area contributed by atoms with Crippen LogP contribution in [0.3, 0.4) is 0 Å². The van der Waals surface area contributed by atoms with Crippen molar-refractivity contribution in [1.29, 1.82) is 0 Å². The smallest absolute Gasteiger partial charge is 0.223 e. The van der Waals surface area contributed by atoms with E-state index in [0.717, 1.165) is 0 Å². The molecule has 1 rings (SSSR count). The molecule has 0 aromatic heterocycles. The van der Waals surface area contributed by atoms with Crippen molar-refractivity contribution >= 4 is 17.5 Å². The number of rotatable bonds is 8. The lowest BCUT2D eigenvalue weighted by Crippen LogP contribution is -2.28. The summed E-state index contributed by atoms with van der Waals surface area (Å²) in [6.07, 6.45) is 1.20. The van der Waals surface area contributed by atoms with Crippen LogP contribution in [0.15, 0.2) is 24.3 Å². The zero-order valence-electron chi connectivity index (χ0n) is 11.1. The summed E-state index contributed by atoms with van der Waals surface area (Å²) in [4.78, 5) is 11.5. The van der Waals surface area contributed by atoms with Gasteiger partial charge in [-0.2, -0.15) is 0 Å². The van der Waals surface area contributed by atoms with Crippen LogP contribution >= 0.6 is 11.6 Å². The zero-order valence-corrected chi connectivity index (χ0v) is 11.8. The first-order chi connectivity index (χ1) is 9.13. The van der Waals surface area contributed by atoms with Crippen LogP contribution in [0.4, 0.5) is 0 Å². The Hall–Kier alpha value is -1.26. The SMILES string of the molecule is CCC(O)CCNC(=O)CCOc1ccccc1Cl. The van der Waals surface area contributed by atoms with E-state index in [1.54, 1.807) is 12.1 Å². The number of hydrogen-bond acceptors (Lipinski definition) is 3. The maximum atomic E-state index is 11.5. The van der Waals surface area contributed by atoms with Crippen molar-refractivity contribution in [3.05, 3.63) is 29.3 Å². The van der Waals surface area contributed by atoms with Gasteiger partial charge in [0.05, 0.1) is 24.2 Å². The Morgan fingerprint density at radius 3 is 2.89 bits per heavy atom. The molecule has 106 valence electrons. The summed E-state index contributed by atoms with van der Waals surface area (Å²) in [6.45, 7) is 2.68. The van der Waals surface area contributed by atoms with Crippen molar-refractivity contribution in [3.8, 4) is 5.75 Å². The average Bonchev–Trinajstić information content (AvgIpc) is 2.40. The van der Waals surface area contributed by atoms with Crippen LogP contribution in [0, 0.1) is 0 Å². The van der Waals surface area contributed by atoms with E-state index in [0.29, 0.717) is 30.2 Å². The van der Waals surface area contributed by atoms with Gasteiger partial charge in [-0.05, 0) is 25.0 Å². The third kappa shape index (κ3) is 6.45. The molecule has 1 unspecified atom stereocenters. The number of ether oxygens (including phenoxy) is 1. The van der Waals surface area contributed by atoms with E-state index < -0.39 is 0 Å². The van der Waals surface area contributed by atoms with Gasteiger partial charge in [-0.15, -0.1) is 0 Å². The maximum absolute atomic E-state index is 11.5. The predicted molar refractivity (Wildman–Crippen MR) is 75.5 cm³/mol. The summed E-state index contributed by atoms with van der Waals surface area (Å²) in [5, 5.41) is 12.6. The number of benzene rings is 1. The van der Waals surface area contributed by atoms with E-state index in [-0.39, 0.29) is 25.0 Å². The lowest BCUT2D eigenvalue weighted by molar-refractivity contribution is -0.121. The molecule has 0 fully saturated rings. The molecule has 0 heterocycles. The highest BCUT2D eigenvalue weighted by Crippen LogP contribution is 2.22. The number of hydrogen-bond donors (Lipinski definition) is 2. The third-order valence-corrected chi connectivity index (χ3v) is 3.01. The van der Waals surface area contributed by atoms with E-state index in [1.165, 1.54) is 0 Å². The Morgan fingerprint density at radius 2 is 2.21 bits per heavy atom. The fourth-order valence-corrected chi connectivity index (χ4v) is 1.68. The topological polar surface area (TPSA) is 58.6 Å². The lowest BCUT2D eigenvalue weighted by atomic mass is 10.2. The van der Waals surface area contributed by atoms with E-state index in [1.807, 2.05) is 19.1 Å². The van der Waals surface area contributed by atoms with Crippen molar-refractivity contribution < 1.29 is 14.6 Å². The molecule has 19 heavy (non-hydrogen) atoms. The normalized spacial score (nSPS) is 11.9. The van der Waals surface area contributed by atoms with Crippen LogP contribution in [0.25, 0.3) is 0 Å². The Balaban J connectivity index is 2.15. The Bertz CT molecular complexity index is 398. The van der Waals surface area contributed by atoms with Gasteiger partial charge in [0.1, 0.15) is 5.75 Å². The predicted octanol–water partition coefficient (Wildman–Crippen LogP) is 2.39. The number of nitrogens with one attached hydrogen (secondary N) is 1. The first-order valence-corrected chi connectivity index (χ1v) is 6.83. The fraction of sp³-hybridized carbons (Fsp3) is 0.500. The molecule has 0 saturated heterocycles. The van der Waals surface area contributed by atoms with Crippen molar-refractivity contribution in [2.75, 3.05) is 13.2 Å². The van der Waals surface area contributed by atoms with E-state index in [4.69, 9.17) is 16.3 Å². The second kappa shape index (κ2) is 8.77. The highest BCUT2D eigenvalue weighted by atomic mass is 35.5. The molecule has 0 aliphatic carbocycles. The number of aliphatic hydroxyl groups is 1. The van der Waals surface area contributed by atoms with Gasteiger partial charge in [0.15, 0.2) is 0 Å². The Labute approximate surface area is 118 Å². The van der Waals surface area contributed by atoms with Crippen LogP contribution in [0.2, 0.25) is 5.02 Å². The highest BCUT2D eigenvalue weighted by molar-refractivity contribution is 6.32. The molecule has 1 aromatic carbocycles. The van der Waals surface area contributed by atoms with Crippen LogP contribution < -0.4 is 10.1 Å². The minimum absolute atomic E-state index is 0.0876. The van der Waals surface area contributed by atoms with Gasteiger partial charge in [0.2, 0.25) is 5.91 Å². The van der Waals surface area contributed by atoms with Crippen LogP contribution in [-0.4, -0.2) is 30.3 Å². The summed E-state index contributed by atoms with van der Waals surface area (Å²) >= 11 is 5.92. The van der Waals surface area contributed by atoms with Gasteiger partial charge in [0.25, 0.3) is 0 Å². The molecule has 0 radical (unpaired) electrons. The summed E-state index contributed by atoms with van der Waals surface area (Å²) in [7, 11) is 0. The second-order valence-corrected chi connectivity index (χ2v) is 4.64. The molecule has 0 aliphatic heterocycles. The van der Waals surface area contributed by atoms with Gasteiger partial charge in [-0.3, -0.25) is 4.79 Å². The molecule has 0 bridgehead atoms. The molecule has 1 atom stereocenters. The van der Waals surface area contributed by atoms with E-state index in [9.17, 15) is 9.90 Å². The fourth-order valence-electron chi connectivity index (χ4n) is 1.49. The number of halogens is 1. The quantitative estimate of drug-likeness (QED) is 0.771. The number of carbonyl (C=O) groups excluding carboxylic acids is 1. The zero-order chi connectivity index (χ0) is 14.1. The number of aliphatic hydroxyl groups excluding tert-OH is 1. The first kappa shape index (κ1) is 15.8. The van der Waals surface area contributed by atoms with Crippen LogP contribution in [0.5, 0.6) is 5.75 Å². The standard InChI is InChI=1S/C14H20ClNO3/c1-2-11(17)7-9-16-14(18)8-10-19-13-6-4-3-5-12(13)15/h3-6,11,17H,2,7-10H2,1H3,(H,16,18). The number of para-hydroxylation sites is 1. The lowest BCUT2D eigenvalue weighted by Gasteiger charge is -2.10. The van der Waals surface area contributed by atoms with E-state index in [2.05, 4.69) is 5.32 Å². The summed E-state index contributed by atoms with van der Waals surface area (Å²) in [5.74, 6) is 0.494. The second-order valence-electron chi connectivity index (χ2n) is 4.23. The number of carbonyl (C=O) groups is 1. The maximum Gasteiger partial charge on any atom is 0.223 e. The average molecular weight is 286 g/mol. The Morgan fingerprint density at radius 1 is 1.47 bits per heavy atom. The van der Waals surface area contributed by atoms with Crippen molar-refractivity contribution in [1.82, 2.24) is 5.32 Å². The van der Waals surface area contributed by atoms with Crippen LogP contribution in [0.1, 0.15) is 26.2 Å². The molecular formula is C14H20ClNO3. The largest absolute Gasteiger partial charge is 0.491 e. The van der Waals surface area contributed by atoms with Crippen molar-refractivity contribution in [2.24, 2.45) is 0 Å². The first-order valence-electron chi connectivity index (χ1n) is 6.45. The molecule has 5 heteroatoms. The van der Waals surface area contributed by atoms with Gasteiger partial charge in [-0.25, -0.2) is 0 Å². The van der Waals surface area contributed by atoms with Crippen LogP contribution in [-0.2, 0) is 4.79 Å². The molecular weight excluding hydrogens is 266 g/mol. The van der Waals surface area contributed by atoms with Gasteiger partial charge in [-0.1, -0.05) is 30.7 Å². The highest BCUT2D eigenvalue weighted by Gasteiger charge is 2.05. The van der Waals surface area contributed by atoms with E-state index >= 15 is 0 Å². The molecule has 0 saturated carbocycles. The molecule has 4 nitrogen and oxygen atoms in total. The molecule has 0 spiro atoms. The molecule has 0 aliphatic rings. The summed E-state index contributed by atoms with van der Waals surface area (Å²) in [6, 6.07) is 7.15. The molecule has 1 amide bonds. The third-order valence-electron chi connectivity index (χ3n) is 2.69. The van der Waals surface area contributed by atoms with Crippen molar-refractivity contribution in [2.45, 2.75) is 32.3 Å². The number of amides is 1. The van der Waals surface area contributed by atoms with Gasteiger partial charge >= 0.3 is 0 Å². The van der Waals surface area contributed by atoms with Crippen molar-refractivity contribution in [3.63, 3.8) is 0 Å². The molecule has 1 aromatic rings. The minimum Gasteiger partial charge on any atom is -0.491 e. The summed E-state index contributed by atoms with van der Waals surface area (Å²) < 4.78 is 5.41. The summed E-state index contributed by atoms with van der Waals surface area (Å²) in [5.41, 5.74) is 0. The minimum atomic E-state index is -0.348. The monoisotopic (exact) mass is 285 g/mol. The van der Waals surface area contributed by atoms with Gasteiger partial charge in [0, 0.05) is 6.54 Å².